The summed E-state index contributed by atoms with van der Waals surface area (Å²) in [5, 5.41) is 9.33. The minimum absolute atomic E-state index is 0.00512. The Bertz CT molecular complexity index is 653. The number of aliphatic imine (C=N–C) groups is 1. The molecule has 2 amide bonds. The maximum Gasteiger partial charge on any atom is 0.253 e. The smallest absolute Gasteiger partial charge is 0.253 e. The molecule has 0 heterocycles. The first-order chi connectivity index (χ1) is 12.5. The molecule has 26 heavy (non-hydrogen) atoms. The number of amides is 2. The molecule has 3 N–H and O–H groups in total. The fourth-order valence-electron chi connectivity index (χ4n) is 2.52. The molecule has 0 saturated heterocycles. The lowest BCUT2D eigenvalue weighted by atomic mass is 10.1. The van der Waals surface area contributed by atoms with Gasteiger partial charge in [0.25, 0.3) is 5.91 Å². The quantitative estimate of drug-likeness (QED) is 0.361. The molecule has 0 aromatic heterocycles. The van der Waals surface area contributed by atoms with E-state index in [-0.39, 0.29) is 17.7 Å². The molecule has 0 atom stereocenters. The molecule has 7 heteroatoms. The van der Waals surface area contributed by atoms with Crippen LogP contribution in [0, 0.1) is 5.92 Å². The van der Waals surface area contributed by atoms with E-state index < -0.39 is 0 Å². The van der Waals surface area contributed by atoms with Crippen LogP contribution in [0.5, 0.6) is 0 Å². The molecule has 0 spiro atoms. The van der Waals surface area contributed by atoms with E-state index >= 15 is 0 Å². The summed E-state index contributed by atoms with van der Waals surface area (Å²) in [5.74, 6) is 1.10. The van der Waals surface area contributed by atoms with E-state index in [0.29, 0.717) is 31.2 Å². The Labute approximate surface area is 155 Å². The first-order valence-corrected chi connectivity index (χ1v) is 9.04. The summed E-state index contributed by atoms with van der Waals surface area (Å²) in [4.78, 5) is 29.3. The normalized spacial score (nSPS) is 13.9. The number of nitrogens with zero attached hydrogens (tertiary/aromatic N) is 2. The third-order valence-corrected chi connectivity index (χ3v) is 4.17. The molecule has 1 aromatic carbocycles. The molecule has 1 aliphatic carbocycles. The summed E-state index contributed by atoms with van der Waals surface area (Å²) >= 11 is 0. The van der Waals surface area contributed by atoms with Crippen molar-refractivity contribution in [3.63, 3.8) is 0 Å². The largest absolute Gasteiger partial charge is 0.356 e. The average molecular weight is 359 g/mol. The van der Waals surface area contributed by atoms with Gasteiger partial charge in [0.05, 0.1) is 0 Å². The molecule has 0 aliphatic heterocycles. The van der Waals surface area contributed by atoms with Crippen LogP contribution >= 0.6 is 0 Å². The van der Waals surface area contributed by atoms with Crippen LogP contribution in [0.2, 0.25) is 0 Å². The van der Waals surface area contributed by atoms with Crippen LogP contribution in [-0.4, -0.2) is 63.5 Å². The molecular formula is C19H29N5O2. The second-order valence-electron chi connectivity index (χ2n) is 6.64. The summed E-state index contributed by atoms with van der Waals surface area (Å²) < 4.78 is 0. The van der Waals surface area contributed by atoms with Crippen molar-refractivity contribution < 1.29 is 9.59 Å². The van der Waals surface area contributed by atoms with E-state index in [0.717, 1.165) is 24.8 Å². The van der Waals surface area contributed by atoms with Gasteiger partial charge in [-0.05, 0) is 37.0 Å². The van der Waals surface area contributed by atoms with Gasteiger partial charge in [-0.15, -0.1) is 0 Å². The molecule has 1 saturated carbocycles. The van der Waals surface area contributed by atoms with Crippen molar-refractivity contribution in [3.05, 3.63) is 35.4 Å². The molecule has 1 aromatic rings. The molecule has 0 bridgehead atoms. The van der Waals surface area contributed by atoms with E-state index in [9.17, 15) is 9.59 Å². The van der Waals surface area contributed by atoms with Crippen molar-refractivity contribution in [2.45, 2.75) is 19.3 Å². The van der Waals surface area contributed by atoms with Gasteiger partial charge in [-0.25, -0.2) is 0 Å². The van der Waals surface area contributed by atoms with Crippen LogP contribution in [-0.2, 0) is 11.2 Å². The van der Waals surface area contributed by atoms with Crippen LogP contribution in [0.4, 0.5) is 0 Å². The fourth-order valence-corrected chi connectivity index (χ4v) is 2.52. The second-order valence-corrected chi connectivity index (χ2v) is 6.64. The zero-order valence-electron chi connectivity index (χ0n) is 15.8. The number of nitrogens with one attached hydrogen (secondary N) is 3. The Balaban J connectivity index is 1.69. The molecule has 2 rings (SSSR count). The van der Waals surface area contributed by atoms with E-state index in [1.165, 1.54) is 0 Å². The van der Waals surface area contributed by atoms with Crippen molar-refractivity contribution in [1.29, 1.82) is 0 Å². The summed E-state index contributed by atoms with van der Waals surface area (Å²) in [6, 6.07) is 7.67. The summed E-state index contributed by atoms with van der Waals surface area (Å²) in [7, 11) is 5.22. The van der Waals surface area contributed by atoms with Crippen LogP contribution < -0.4 is 16.0 Å². The van der Waals surface area contributed by atoms with E-state index in [1.807, 2.05) is 24.3 Å². The highest BCUT2D eigenvalue weighted by Crippen LogP contribution is 2.28. The number of carbonyl (C=O) groups excluding carboxylic acids is 2. The lowest BCUT2D eigenvalue weighted by Crippen LogP contribution is -2.42. The van der Waals surface area contributed by atoms with Crippen molar-refractivity contribution in [2.24, 2.45) is 10.9 Å². The third kappa shape index (κ3) is 6.38. The Morgan fingerprint density at radius 1 is 1.12 bits per heavy atom. The van der Waals surface area contributed by atoms with Gasteiger partial charge in [0.2, 0.25) is 5.91 Å². The average Bonchev–Trinajstić information content (AvgIpc) is 3.48. The Morgan fingerprint density at radius 2 is 1.81 bits per heavy atom. The van der Waals surface area contributed by atoms with Crippen LogP contribution in [0.1, 0.15) is 28.8 Å². The fraction of sp³-hybridized carbons (Fsp3) is 0.526. The van der Waals surface area contributed by atoms with Crippen molar-refractivity contribution in [3.8, 4) is 0 Å². The van der Waals surface area contributed by atoms with E-state index in [2.05, 4.69) is 20.9 Å². The van der Waals surface area contributed by atoms with Gasteiger partial charge in [0.15, 0.2) is 5.96 Å². The summed E-state index contributed by atoms with van der Waals surface area (Å²) in [6.07, 6.45) is 2.82. The highest BCUT2D eigenvalue weighted by atomic mass is 16.2. The van der Waals surface area contributed by atoms with Gasteiger partial charge in [0, 0.05) is 52.3 Å². The van der Waals surface area contributed by atoms with Crippen LogP contribution in [0.25, 0.3) is 0 Å². The molecule has 142 valence electrons. The number of hydrogen-bond acceptors (Lipinski definition) is 3. The minimum Gasteiger partial charge on any atom is -0.356 e. The van der Waals surface area contributed by atoms with Crippen molar-refractivity contribution >= 4 is 17.8 Å². The maximum absolute atomic E-state index is 12.0. The summed E-state index contributed by atoms with van der Waals surface area (Å²) in [6.45, 7) is 1.92. The van der Waals surface area contributed by atoms with Gasteiger partial charge in [-0.1, -0.05) is 12.1 Å². The number of benzene rings is 1. The SMILES string of the molecule is CN=C(NCCNC(=O)C1CC1)NCCc1cccc(C(=O)N(C)C)c1. The molecule has 0 radical (unpaired) electrons. The van der Waals surface area contributed by atoms with Crippen molar-refractivity contribution in [2.75, 3.05) is 40.8 Å². The lowest BCUT2D eigenvalue weighted by Gasteiger charge is -2.13. The predicted octanol–water partition coefficient (Wildman–Crippen LogP) is 0.622. The Morgan fingerprint density at radius 3 is 2.46 bits per heavy atom. The zero-order valence-corrected chi connectivity index (χ0v) is 15.8. The van der Waals surface area contributed by atoms with Gasteiger partial charge in [0.1, 0.15) is 0 Å². The van der Waals surface area contributed by atoms with Crippen molar-refractivity contribution in [1.82, 2.24) is 20.9 Å². The van der Waals surface area contributed by atoms with Gasteiger partial charge in [-0.3, -0.25) is 14.6 Å². The number of guanidine groups is 1. The molecule has 1 aliphatic rings. The molecule has 1 fully saturated rings. The standard InChI is InChI=1S/C19H29N5O2/c1-20-19(23-12-11-21-17(25)15-7-8-15)22-10-9-14-5-4-6-16(13-14)18(26)24(2)3/h4-6,13,15H,7-12H2,1-3H3,(H,21,25)(H2,20,22,23). The number of carbonyl (C=O) groups is 2. The maximum atomic E-state index is 12.0. The Hall–Kier alpha value is -2.57. The predicted molar refractivity (Wildman–Crippen MR) is 103 cm³/mol. The minimum atomic E-state index is 0.00512. The third-order valence-electron chi connectivity index (χ3n) is 4.17. The molecule has 7 nitrogen and oxygen atoms in total. The van der Waals surface area contributed by atoms with Crippen LogP contribution in [0.3, 0.4) is 0 Å². The first-order valence-electron chi connectivity index (χ1n) is 9.04. The van der Waals surface area contributed by atoms with E-state index in [4.69, 9.17) is 0 Å². The van der Waals surface area contributed by atoms with Gasteiger partial charge >= 0.3 is 0 Å². The van der Waals surface area contributed by atoms with Gasteiger partial charge < -0.3 is 20.9 Å². The highest BCUT2D eigenvalue weighted by molar-refractivity contribution is 5.94. The van der Waals surface area contributed by atoms with Gasteiger partial charge in [-0.2, -0.15) is 0 Å². The Kier molecular flexibility index (Phi) is 7.44. The summed E-state index contributed by atoms with van der Waals surface area (Å²) in [5.41, 5.74) is 1.79. The number of rotatable bonds is 8. The number of hydrogen-bond donors (Lipinski definition) is 3. The second kappa shape index (κ2) is 9.79. The van der Waals surface area contributed by atoms with E-state index in [1.54, 1.807) is 26.0 Å². The first kappa shape index (κ1) is 19.8. The lowest BCUT2D eigenvalue weighted by molar-refractivity contribution is -0.122. The monoisotopic (exact) mass is 359 g/mol. The topological polar surface area (TPSA) is 85.8 Å². The molecule has 0 unspecified atom stereocenters. The zero-order chi connectivity index (χ0) is 18.9. The highest BCUT2D eigenvalue weighted by Gasteiger charge is 2.28. The van der Waals surface area contributed by atoms with Crippen LogP contribution in [0.15, 0.2) is 29.3 Å². The molecular weight excluding hydrogens is 330 g/mol.